The summed E-state index contributed by atoms with van der Waals surface area (Å²) in [5, 5.41) is 6.18. The maximum atomic E-state index is 11.9. The molecule has 2 aromatic rings. The molecule has 0 radical (unpaired) electrons. The van der Waals surface area contributed by atoms with E-state index in [1.54, 1.807) is 36.4 Å². The summed E-state index contributed by atoms with van der Waals surface area (Å²) < 4.78 is 0. The standard InChI is InChI=1S/C17H16Cl2N2O2S/c18-10-9-16(22)20-14-5-7-15(8-6-14)24-11-17(23)21-13-3-1-12(19)2-4-13/h1-8H,9-11H2,(H,20,22)(H,21,23). The lowest BCUT2D eigenvalue weighted by molar-refractivity contribution is -0.116. The lowest BCUT2D eigenvalue weighted by Gasteiger charge is -2.07. The first-order chi connectivity index (χ1) is 11.6. The molecule has 2 aromatic carbocycles. The zero-order valence-corrected chi connectivity index (χ0v) is 15.0. The number of carbonyl (C=O) groups excluding carboxylic acids is 2. The molecule has 0 bridgehead atoms. The van der Waals surface area contributed by atoms with Crippen LogP contribution in [0, 0.1) is 0 Å². The molecule has 0 aliphatic heterocycles. The number of hydrogen-bond donors (Lipinski definition) is 2. The van der Waals surface area contributed by atoms with E-state index in [0.29, 0.717) is 28.0 Å². The molecule has 0 atom stereocenters. The summed E-state index contributed by atoms with van der Waals surface area (Å²) in [6.07, 6.45) is 0.281. The van der Waals surface area contributed by atoms with E-state index < -0.39 is 0 Å². The molecule has 2 N–H and O–H groups in total. The predicted octanol–water partition coefficient (Wildman–Crippen LogP) is 4.64. The summed E-state index contributed by atoms with van der Waals surface area (Å²) in [7, 11) is 0. The molecule has 2 amide bonds. The Morgan fingerprint density at radius 2 is 1.42 bits per heavy atom. The minimum Gasteiger partial charge on any atom is -0.326 e. The van der Waals surface area contributed by atoms with Crippen molar-refractivity contribution in [1.82, 2.24) is 0 Å². The van der Waals surface area contributed by atoms with Gasteiger partial charge in [-0.05, 0) is 48.5 Å². The summed E-state index contributed by atoms with van der Waals surface area (Å²) in [5.41, 5.74) is 1.42. The largest absolute Gasteiger partial charge is 0.326 e. The van der Waals surface area contributed by atoms with Crippen molar-refractivity contribution in [2.45, 2.75) is 11.3 Å². The highest BCUT2D eigenvalue weighted by atomic mass is 35.5. The number of hydrogen-bond acceptors (Lipinski definition) is 3. The molecule has 0 saturated carbocycles. The van der Waals surface area contributed by atoms with Crippen LogP contribution in [-0.2, 0) is 9.59 Å². The van der Waals surface area contributed by atoms with Gasteiger partial charge in [0.2, 0.25) is 11.8 Å². The van der Waals surface area contributed by atoms with E-state index in [4.69, 9.17) is 23.2 Å². The maximum Gasteiger partial charge on any atom is 0.234 e. The minimum atomic E-state index is -0.118. The second-order valence-corrected chi connectivity index (χ2v) is 6.72. The first kappa shape index (κ1) is 18.6. The van der Waals surface area contributed by atoms with Gasteiger partial charge in [0.25, 0.3) is 0 Å². The van der Waals surface area contributed by atoms with Crippen molar-refractivity contribution in [3.63, 3.8) is 0 Å². The third-order valence-corrected chi connectivity index (χ3v) is 4.41. The quantitative estimate of drug-likeness (QED) is 0.541. The third-order valence-electron chi connectivity index (χ3n) is 2.96. The predicted molar refractivity (Wildman–Crippen MR) is 101 cm³/mol. The van der Waals surface area contributed by atoms with Crippen LogP contribution in [0.4, 0.5) is 11.4 Å². The number of carbonyl (C=O) groups is 2. The van der Waals surface area contributed by atoms with E-state index >= 15 is 0 Å². The third kappa shape index (κ3) is 6.43. The molecule has 126 valence electrons. The first-order valence-electron chi connectivity index (χ1n) is 7.21. The molecule has 4 nitrogen and oxygen atoms in total. The number of nitrogens with one attached hydrogen (secondary N) is 2. The van der Waals surface area contributed by atoms with Crippen LogP contribution in [0.25, 0.3) is 0 Å². The van der Waals surface area contributed by atoms with Crippen molar-refractivity contribution in [3.8, 4) is 0 Å². The number of thioether (sulfide) groups is 1. The number of anilines is 2. The summed E-state index contributed by atoms with van der Waals surface area (Å²) >= 11 is 12.7. The fraction of sp³-hybridized carbons (Fsp3) is 0.176. The molecular formula is C17H16Cl2N2O2S. The highest BCUT2D eigenvalue weighted by Crippen LogP contribution is 2.21. The minimum absolute atomic E-state index is 0.0955. The fourth-order valence-electron chi connectivity index (χ4n) is 1.82. The fourth-order valence-corrected chi connectivity index (χ4v) is 2.82. The maximum absolute atomic E-state index is 11.9. The molecule has 0 spiro atoms. The Kier molecular flexibility index (Phi) is 7.43. The van der Waals surface area contributed by atoms with Gasteiger partial charge in [0.15, 0.2) is 0 Å². The van der Waals surface area contributed by atoms with Crippen molar-refractivity contribution in [2.75, 3.05) is 22.3 Å². The number of amides is 2. The van der Waals surface area contributed by atoms with Gasteiger partial charge in [-0.2, -0.15) is 0 Å². The Morgan fingerprint density at radius 1 is 0.875 bits per heavy atom. The zero-order chi connectivity index (χ0) is 17.4. The van der Waals surface area contributed by atoms with Gasteiger partial charge in [-0.15, -0.1) is 23.4 Å². The molecule has 0 aliphatic carbocycles. The number of alkyl halides is 1. The average Bonchev–Trinajstić information content (AvgIpc) is 2.56. The Bertz CT molecular complexity index is 691. The van der Waals surface area contributed by atoms with Crippen molar-refractivity contribution < 1.29 is 9.59 Å². The van der Waals surface area contributed by atoms with Gasteiger partial charge in [-0.1, -0.05) is 11.6 Å². The van der Waals surface area contributed by atoms with Crippen LogP contribution in [0.15, 0.2) is 53.4 Å². The molecule has 7 heteroatoms. The van der Waals surface area contributed by atoms with Gasteiger partial charge >= 0.3 is 0 Å². The molecule has 0 heterocycles. The summed E-state index contributed by atoms with van der Waals surface area (Å²) in [5.74, 6) is 0.373. The van der Waals surface area contributed by atoms with Crippen molar-refractivity contribution in [1.29, 1.82) is 0 Å². The monoisotopic (exact) mass is 382 g/mol. The Hall–Kier alpha value is -1.69. The highest BCUT2D eigenvalue weighted by Gasteiger charge is 2.05. The van der Waals surface area contributed by atoms with Gasteiger partial charge in [0.1, 0.15) is 0 Å². The molecule has 0 aliphatic rings. The van der Waals surface area contributed by atoms with Gasteiger partial charge in [0, 0.05) is 33.6 Å². The second-order valence-electron chi connectivity index (χ2n) is 4.86. The van der Waals surface area contributed by atoms with Gasteiger partial charge in [-0.25, -0.2) is 0 Å². The molecule has 2 rings (SSSR count). The Labute approximate surface area is 154 Å². The lowest BCUT2D eigenvalue weighted by atomic mass is 10.3. The van der Waals surface area contributed by atoms with Crippen LogP contribution in [0.5, 0.6) is 0 Å². The Balaban J connectivity index is 1.80. The summed E-state index contributed by atoms with van der Waals surface area (Å²) in [6, 6.07) is 14.3. The van der Waals surface area contributed by atoms with E-state index in [1.165, 1.54) is 11.8 Å². The van der Waals surface area contributed by atoms with Crippen LogP contribution in [0.1, 0.15) is 6.42 Å². The normalized spacial score (nSPS) is 10.2. The molecule has 0 fully saturated rings. The van der Waals surface area contributed by atoms with E-state index in [0.717, 1.165) is 4.90 Å². The number of halogens is 2. The smallest absolute Gasteiger partial charge is 0.234 e. The SMILES string of the molecule is O=C(CCCl)Nc1ccc(SCC(=O)Nc2ccc(Cl)cc2)cc1. The summed E-state index contributed by atoms with van der Waals surface area (Å²) in [6.45, 7) is 0. The van der Waals surface area contributed by atoms with Crippen molar-refractivity contribution >= 4 is 58.2 Å². The molecule has 0 aromatic heterocycles. The summed E-state index contributed by atoms with van der Waals surface area (Å²) in [4.78, 5) is 24.3. The van der Waals surface area contributed by atoms with Gasteiger partial charge < -0.3 is 10.6 Å². The number of benzene rings is 2. The Morgan fingerprint density at radius 3 is 2.00 bits per heavy atom. The number of rotatable bonds is 7. The second kappa shape index (κ2) is 9.57. The van der Waals surface area contributed by atoms with Crippen LogP contribution < -0.4 is 10.6 Å². The van der Waals surface area contributed by atoms with E-state index in [9.17, 15) is 9.59 Å². The van der Waals surface area contributed by atoms with E-state index in [2.05, 4.69) is 10.6 Å². The molecule has 0 saturated heterocycles. The molecular weight excluding hydrogens is 367 g/mol. The van der Waals surface area contributed by atoms with Crippen LogP contribution in [0.3, 0.4) is 0 Å². The average molecular weight is 383 g/mol. The topological polar surface area (TPSA) is 58.2 Å². The zero-order valence-electron chi connectivity index (χ0n) is 12.7. The molecule has 0 unspecified atom stereocenters. The van der Waals surface area contributed by atoms with Gasteiger partial charge in [-0.3, -0.25) is 9.59 Å². The van der Waals surface area contributed by atoms with Crippen molar-refractivity contribution in [2.24, 2.45) is 0 Å². The van der Waals surface area contributed by atoms with E-state index in [1.807, 2.05) is 12.1 Å². The molecule has 24 heavy (non-hydrogen) atoms. The van der Waals surface area contributed by atoms with Crippen LogP contribution >= 0.6 is 35.0 Å². The highest BCUT2D eigenvalue weighted by molar-refractivity contribution is 8.00. The van der Waals surface area contributed by atoms with E-state index in [-0.39, 0.29) is 18.2 Å². The van der Waals surface area contributed by atoms with Gasteiger partial charge in [0.05, 0.1) is 5.75 Å². The van der Waals surface area contributed by atoms with Crippen LogP contribution in [-0.4, -0.2) is 23.4 Å². The van der Waals surface area contributed by atoms with Crippen LogP contribution in [0.2, 0.25) is 5.02 Å². The lowest BCUT2D eigenvalue weighted by Crippen LogP contribution is -2.13. The van der Waals surface area contributed by atoms with Crippen molar-refractivity contribution in [3.05, 3.63) is 53.6 Å². The first-order valence-corrected chi connectivity index (χ1v) is 9.11.